The Balaban J connectivity index is 1.75. The van der Waals surface area contributed by atoms with Crippen LogP contribution in [-0.4, -0.2) is 13.3 Å². The van der Waals surface area contributed by atoms with Gasteiger partial charge < -0.3 is 9.47 Å². The molecule has 132 valence electrons. The van der Waals surface area contributed by atoms with E-state index in [1.54, 1.807) is 13.3 Å². The molecule has 0 aromatic heterocycles. The maximum Gasteiger partial charge on any atom is 0.170 e. The van der Waals surface area contributed by atoms with Crippen molar-refractivity contribution < 1.29 is 9.47 Å². The molecule has 0 fully saturated rings. The van der Waals surface area contributed by atoms with Crippen LogP contribution in [-0.2, 0) is 6.61 Å². The molecule has 26 heavy (non-hydrogen) atoms. The molecular formula is C22H22N2O2. The van der Waals surface area contributed by atoms with Crippen LogP contribution in [0.5, 0.6) is 11.5 Å². The second-order valence-corrected chi connectivity index (χ2v) is 5.89. The van der Waals surface area contributed by atoms with Crippen LogP contribution in [0.25, 0.3) is 0 Å². The molecule has 0 bridgehead atoms. The summed E-state index contributed by atoms with van der Waals surface area (Å²) in [5, 5.41) is 4.32. The zero-order valence-electron chi connectivity index (χ0n) is 15.0. The smallest absolute Gasteiger partial charge is 0.170 e. The SMILES string of the molecule is COc1cccc(/C=N/Nc2ccc(C)cc2)c1OCc1ccccc1. The van der Waals surface area contributed by atoms with Crippen LogP contribution in [0, 0.1) is 6.92 Å². The summed E-state index contributed by atoms with van der Waals surface area (Å²) in [5.74, 6) is 1.36. The first-order chi connectivity index (χ1) is 12.8. The number of para-hydroxylation sites is 1. The van der Waals surface area contributed by atoms with E-state index in [4.69, 9.17) is 9.47 Å². The highest BCUT2D eigenvalue weighted by molar-refractivity contribution is 5.85. The number of rotatable bonds is 7. The largest absolute Gasteiger partial charge is 0.493 e. The third-order valence-corrected chi connectivity index (χ3v) is 3.90. The van der Waals surface area contributed by atoms with Gasteiger partial charge in [-0.2, -0.15) is 5.10 Å². The molecule has 0 saturated heterocycles. The van der Waals surface area contributed by atoms with Crippen LogP contribution in [0.2, 0.25) is 0 Å². The van der Waals surface area contributed by atoms with Crippen molar-refractivity contribution in [2.45, 2.75) is 13.5 Å². The van der Waals surface area contributed by atoms with Gasteiger partial charge in [-0.25, -0.2) is 0 Å². The van der Waals surface area contributed by atoms with Gasteiger partial charge in [0.15, 0.2) is 11.5 Å². The first-order valence-electron chi connectivity index (χ1n) is 8.46. The molecule has 0 spiro atoms. The number of aryl methyl sites for hydroxylation is 1. The Labute approximate surface area is 154 Å². The molecule has 0 aliphatic heterocycles. The van der Waals surface area contributed by atoms with E-state index in [0.717, 1.165) is 16.8 Å². The minimum Gasteiger partial charge on any atom is -0.493 e. The van der Waals surface area contributed by atoms with Gasteiger partial charge in [-0.1, -0.05) is 54.1 Å². The fourth-order valence-electron chi connectivity index (χ4n) is 2.48. The number of methoxy groups -OCH3 is 1. The number of hydrogen-bond donors (Lipinski definition) is 1. The van der Waals surface area contributed by atoms with Gasteiger partial charge in [-0.3, -0.25) is 5.43 Å². The lowest BCUT2D eigenvalue weighted by Gasteiger charge is -2.13. The number of benzene rings is 3. The third-order valence-electron chi connectivity index (χ3n) is 3.90. The fourth-order valence-corrected chi connectivity index (χ4v) is 2.48. The van der Waals surface area contributed by atoms with E-state index in [1.807, 2.05) is 72.8 Å². The number of hydrazone groups is 1. The van der Waals surface area contributed by atoms with Gasteiger partial charge in [0.2, 0.25) is 0 Å². The molecule has 0 atom stereocenters. The van der Waals surface area contributed by atoms with Crippen LogP contribution < -0.4 is 14.9 Å². The molecule has 0 aliphatic carbocycles. The summed E-state index contributed by atoms with van der Waals surface area (Å²) in [6.07, 6.45) is 1.74. The maximum absolute atomic E-state index is 6.02. The molecule has 4 heteroatoms. The molecule has 3 rings (SSSR count). The summed E-state index contributed by atoms with van der Waals surface area (Å²) in [5.41, 5.74) is 7.12. The number of ether oxygens (including phenoxy) is 2. The highest BCUT2D eigenvalue weighted by Crippen LogP contribution is 2.30. The Morgan fingerprint density at radius 3 is 2.42 bits per heavy atom. The summed E-state index contributed by atoms with van der Waals surface area (Å²) < 4.78 is 11.5. The molecule has 4 nitrogen and oxygen atoms in total. The van der Waals surface area contributed by atoms with Crippen molar-refractivity contribution in [1.29, 1.82) is 0 Å². The van der Waals surface area contributed by atoms with Crippen molar-refractivity contribution in [2.75, 3.05) is 12.5 Å². The van der Waals surface area contributed by atoms with Crippen LogP contribution in [0.15, 0.2) is 77.9 Å². The summed E-state index contributed by atoms with van der Waals surface area (Å²) in [7, 11) is 1.64. The Hall–Kier alpha value is -3.27. The zero-order valence-corrected chi connectivity index (χ0v) is 15.0. The van der Waals surface area contributed by atoms with Gasteiger partial charge in [0.1, 0.15) is 6.61 Å². The lowest BCUT2D eigenvalue weighted by atomic mass is 10.2. The topological polar surface area (TPSA) is 42.8 Å². The Morgan fingerprint density at radius 1 is 0.923 bits per heavy atom. The normalized spacial score (nSPS) is 10.7. The van der Waals surface area contributed by atoms with Gasteiger partial charge in [-0.05, 0) is 36.8 Å². The van der Waals surface area contributed by atoms with Gasteiger partial charge in [0, 0.05) is 5.56 Å². The number of nitrogens with one attached hydrogen (secondary N) is 1. The van der Waals surface area contributed by atoms with Gasteiger partial charge in [0.05, 0.1) is 19.0 Å². The minimum absolute atomic E-state index is 0.466. The van der Waals surface area contributed by atoms with Crippen molar-refractivity contribution in [3.05, 3.63) is 89.5 Å². The van der Waals surface area contributed by atoms with Crippen molar-refractivity contribution in [3.8, 4) is 11.5 Å². The molecule has 0 saturated carbocycles. The Bertz CT molecular complexity index is 859. The van der Waals surface area contributed by atoms with E-state index >= 15 is 0 Å². The summed E-state index contributed by atoms with van der Waals surface area (Å²) in [6, 6.07) is 23.8. The van der Waals surface area contributed by atoms with E-state index in [1.165, 1.54) is 5.56 Å². The van der Waals surface area contributed by atoms with Gasteiger partial charge in [0.25, 0.3) is 0 Å². The lowest BCUT2D eigenvalue weighted by molar-refractivity contribution is 0.284. The van der Waals surface area contributed by atoms with E-state index in [0.29, 0.717) is 18.1 Å². The highest BCUT2D eigenvalue weighted by atomic mass is 16.5. The predicted octanol–water partition coefficient (Wildman–Crippen LogP) is 5.03. The average Bonchev–Trinajstić information content (AvgIpc) is 2.69. The van der Waals surface area contributed by atoms with Crippen LogP contribution in [0.4, 0.5) is 5.69 Å². The highest BCUT2D eigenvalue weighted by Gasteiger charge is 2.09. The molecule has 1 N–H and O–H groups in total. The Kier molecular flexibility index (Phi) is 5.88. The second kappa shape index (κ2) is 8.72. The maximum atomic E-state index is 6.02. The van der Waals surface area contributed by atoms with Crippen molar-refractivity contribution >= 4 is 11.9 Å². The van der Waals surface area contributed by atoms with Gasteiger partial charge in [-0.15, -0.1) is 0 Å². The lowest BCUT2D eigenvalue weighted by Crippen LogP contribution is -2.01. The molecule has 0 aliphatic rings. The quantitative estimate of drug-likeness (QED) is 0.482. The fraction of sp³-hybridized carbons (Fsp3) is 0.136. The van der Waals surface area contributed by atoms with Crippen molar-refractivity contribution in [2.24, 2.45) is 5.10 Å². The first kappa shape index (κ1) is 17.5. The molecule has 0 amide bonds. The van der Waals surface area contributed by atoms with Crippen molar-refractivity contribution in [1.82, 2.24) is 0 Å². The second-order valence-electron chi connectivity index (χ2n) is 5.89. The molecular weight excluding hydrogens is 324 g/mol. The molecule has 3 aromatic rings. The number of hydrogen-bond acceptors (Lipinski definition) is 4. The summed E-state index contributed by atoms with van der Waals surface area (Å²) in [6.45, 7) is 2.52. The monoisotopic (exact) mass is 346 g/mol. The molecule has 3 aromatic carbocycles. The Morgan fingerprint density at radius 2 is 1.69 bits per heavy atom. The molecule has 0 unspecified atom stereocenters. The van der Waals surface area contributed by atoms with E-state index in [-0.39, 0.29) is 0 Å². The van der Waals surface area contributed by atoms with Crippen LogP contribution >= 0.6 is 0 Å². The van der Waals surface area contributed by atoms with Crippen LogP contribution in [0.3, 0.4) is 0 Å². The first-order valence-corrected chi connectivity index (χ1v) is 8.46. The number of nitrogens with zero attached hydrogens (tertiary/aromatic N) is 1. The van der Waals surface area contributed by atoms with Crippen molar-refractivity contribution in [3.63, 3.8) is 0 Å². The van der Waals surface area contributed by atoms with E-state index in [9.17, 15) is 0 Å². The van der Waals surface area contributed by atoms with E-state index < -0.39 is 0 Å². The van der Waals surface area contributed by atoms with Crippen LogP contribution in [0.1, 0.15) is 16.7 Å². The third kappa shape index (κ3) is 4.63. The molecule has 0 heterocycles. The average molecular weight is 346 g/mol. The minimum atomic E-state index is 0.466. The van der Waals surface area contributed by atoms with Gasteiger partial charge >= 0.3 is 0 Å². The summed E-state index contributed by atoms with van der Waals surface area (Å²) in [4.78, 5) is 0. The van der Waals surface area contributed by atoms with E-state index in [2.05, 4.69) is 17.5 Å². The predicted molar refractivity (Wildman–Crippen MR) is 106 cm³/mol. The summed E-state index contributed by atoms with van der Waals surface area (Å²) >= 11 is 0. The zero-order chi connectivity index (χ0) is 18.2. The standard InChI is InChI=1S/C22H22N2O2/c1-17-11-13-20(14-12-17)24-23-15-19-9-6-10-21(25-2)22(19)26-16-18-7-4-3-5-8-18/h3-15,24H,16H2,1-2H3/b23-15+. The molecule has 0 radical (unpaired) electrons. The number of anilines is 1.